The van der Waals surface area contributed by atoms with Gasteiger partial charge in [0.2, 0.25) is 5.60 Å². The van der Waals surface area contributed by atoms with Gasteiger partial charge >= 0.3 is 17.9 Å². The maximum Gasteiger partial charge on any atom is 0.355 e. The number of hydroxylamine groups is 2. The monoisotopic (exact) mass is 559 g/mol. The van der Waals surface area contributed by atoms with Crippen LogP contribution in [0.25, 0.3) is 22.3 Å². The van der Waals surface area contributed by atoms with Crippen LogP contribution >= 0.6 is 0 Å². The van der Waals surface area contributed by atoms with Crippen LogP contribution < -0.4 is 5.56 Å². The predicted molar refractivity (Wildman–Crippen MR) is 139 cm³/mol. The molecular weight excluding hydrogens is 534 g/mol. The molecule has 210 valence electrons. The van der Waals surface area contributed by atoms with Gasteiger partial charge in [0.05, 0.1) is 29.0 Å². The highest BCUT2D eigenvalue weighted by Gasteiger charge is 2.50. The van der Waals surface area contributed by atoms with E-state index in [1.165, 1.54) is 0 Å². The minimum absolute atomic E-state index is 0.00664. The van der Waals surface area contributed by atoms with Crippen LogP contribution in [0, 0.1) is 0 Å². The summed E-state index contributed by atoms with van der Waals surface area (Å²) in [6, 6.07) is 11.3. The Balaban J connectivity index is 1.24. The molecule has 0 radical (unpaired) electrons. The molecule has 5 heterocycles. The molecule has 3 aliphatic rings. The van der Waals surface area contributed by atoms with Gasteiger partial charge in [-0.3, -0.25) is 19.2 Å². The predicted octanol–water partition coefficient (Wildman–Crippen LogP) is 2.41. The summed E-state index contributed by atoms with van der Waals surface area (Å²) in [4.78, 5) is 84.6. The van der Waals surface area contributed by atoms with Crippen molar-refractivity contribution < 1.29 is 38.3 Å². The zero-order valence-electron chi connectivity index (χ0n) is 22.1. The first-order valence-corrected chi connectivity index (χ1v) is 13.3. The molecule has 1 saturated heterocycles. The van der Waals surface area contributed by atoms with Gasteiger partial charge in [0.15, 0.2) is 0 Å². The van der Waals surface area contributed by atoms with Gasteiger partial charge in [-0.05, 0) is 31.0 Å². The molecule has 0 aliphatic carbocycles. The minimum Gasteiger partial charge on any atom is -0.457 e. The molecule has 1 fully saturated rings. The number of amides is 2. The third-order valence-electron chi connectivity index (χ3n) is 7.63. The first kappa shape index (κ1) is 26.4. The van der Waals surface area contributed by atoms with Crippen LogP contribution in [0.2, 0.25) is 0 Å². The number of rotatable bonds is 7. The number of carbonyl (C=O) groups is 5. The molecule has 0 bridgehead atoms. The van der Waals surface area contributed by atoms with Gasteiger partial charge in [0.1, 0.15) is 6.61 Å². The third-order valence-corrected chi connectivity index (χ3v) is 7.63. The van der Waals surface area contributed by atoms with E-state index in [-0.39, 0.29) is 61.8 Å². The highest BCUT2D eigenvalue weighted by molar-refractivity contribution is 6.01. The molecule has 1 atom stereocenters. The van der Waals surface area contributed by atoms with Gasteiger partial charge < -0.3 is 18.9 Å². The Morgan fingerprint density at radius 3 is 2.51 bits per heavy atom. The van der Waals surface area contributed by atoms with E-state index >= 15 is 0 Å². The van der Waals surface area contributed by atoms with Crippen molar-refractivity contribution in [1.29, 1.82) is 0 Å². The number of pyridine rings is 2. The highest BCUT2D eigenvalue weighted by Crippen LogP contribution is 2.41. The number of nitrogens with zero attached hydrogens (tertiary/aromatic N) is 3. The molecule has 1 aromatic carbocycles. The van der Waals surface area contributed by atoms with Crippen LogP contribution in [0.1, 0.15) is 62.1 Å². The fourth-order valence-electron chi connectivity index (χ4n) is 5.51. The molecule has 6 rings (SSSR count). The summed E-state index contributed by atoms with van der Waals surface area (Å²) in [5.41, 5.74) is 1.04. The molecule has 12 heteroatoms. The average Bonchev–Trinajstić information content (AvgIpc) is 3.48. The second kappa shape index (κ2) is 9.95. The Kier molecular flexibility index (Phi) is 6.40. The number of aromatic nitrogens is 2. The number of carbonyl (C=O) groups excluding carboxylic acids is 5. The number of hydrogen-bond donors (Lipinski definition) is 0. The smallest absolute Gasteiger partial charge is 0.355 e. The van der Waals surface area contributed by atoms with E-state index < -0.39 is 35.3 Å². The van der Waals surface area contributed by atoms with Crippen LogP contribution in [-0.4, -0.2) is 44.3 Å². The zero-order valence-corrected chi connectivity index (χ0v) is 22.1. The molecule has 2 aromatic heterocycles. The van der Waals surface area contributed by atoms with Gasteiger partial charge in [0, 0.05) is 42.2 Å². The third kappa shape index (κ3) is 4.35. The van der Waals surface area contributed by atoms with E-state index in [0.29, 0.717) is 23.0 Å². The van der Waals surface area contributed by atoms with Crippen molar-refractivity contribution in [2.24, 2.45) is 0 Å². The van der Waals surface area contributed by atoms with Gasteiger partial charge in [-0.25, -0.2) is 14.6 Å². The first-order valence-electron chi connectivity index (χ1n) is 13.3. The van der Waals surface area contributed by atoms with Crippen molar-refractivity contribution in [3.8, 4) is 11.4 Å². The number of ether oxygens (including phenoxy) is 2. The van der Waals surface area contributed by atoms with Gasteiger partial charge in [-0.15, -0.1) is 5.06 Å². The number of esters is 2. The first-order chi connectivity index (χ1) is 19.7. The Hall–Kier alpha value is -4.87. The van der Waals surface area contributed by atoms with E-state index in [0.717, 1.165) is 16.5 Å². The van der Waals surface area contributed by atoms with Crippen molar-refractivity contribution >= 4 is 40.6 Å². The lowest BCUT2D eigenvalue weighted by atomic mass is 9.85. The standard InChI is InChI=1S/C29H25N3O9/c1-2-29(40-24(35)8-5-9-25(36)41-32-22(33)10-11-23(32)34)19-13-21-26-17(12-16-6-3-4-7-20(16)30-26)14-31(21)27(37)18(19)15-39-28(29)38/h3-4,6-7,12-13H,2,5,8-11,14-15H2,1H3/t29-/m0/s1. The van der Waals surface area contributed by atoms with Crippen LogP contribution in [0.5, 0.6) is 0 Å². The SMILES string of the molecule is CC[C@@]1(OC(=O)CCCC(=O)ON2C(=O)CCC2=O)C(=O)OCc2c1cc1n(c2=O)Cc2cc3ccccc3nc2-1. The van der Waals surface area contributed by atoms with Crippen molar-refractivity contribution in [2.75, 3.05) is 0 Å². The van der Waals surface area contributed by atoms with E-state index in [2.05, 4.69) is 0 Å². The maximum atomic E-state index is 13.6. The molecule has 0 unspecified atom stereocenters. The molecule has 0 saturated carbocycles. The summed E-state index contributed by atoms with van der Waals surface area (Å²) in [6.07, 6.45) is -0.598. The number of fused-ring (bicyclic) bond motifs is 5. The summed E-state index contributed by atoms with van der Waals surface area (Å²) in [6.45, 7) is 1.71. The molecule has 0 N–H and O–H groups in total. The maximum absolute atomic E-state index is 13.6. The van der Waals surface area contributed by atoms with Crippen molar-refractivity contribution in [1.82, 2.24) is 14.6 Å². The summed E-state index contributed by atoms with van der Waals surface area (Å²) in [5, 5.41) is 1.38. The van der Waals surface area contributed by atoms with E-state index in [9.17, 15) is 28.8 Å². The molecule has 12 nitrogen and oxygen atoms in total. The molecule has 2 amide bonds. The molecule has 3 aliphatic heterocycles. The number of hydrogen-bond acceptors (Lipinski definition) is 10. The lowest BCUT2D eigenvalue weighted by Crippen LogP contribution is -2.47. The summed E-state index contributed by atoms with van der Waals surface area (Å²) in [7, 11) is 0. The number of cyclic esters (lactones) is 1. The molecule has 41 heavy (non-hydrogen) atoms. The molecular formula is C29H25N3O9. The highest BCUT2D eigenvalue weighted by atomic mass is 16.7. The second-order valence-corrected chi connectivity index (χ2v) is 10.1. The summed E-state index contributed by atoms with van der Waals surface area (Å²) >= 11 is 0. The van der Waals surface area contributed by atoms with Crippen molar-refractivity contribution in [3.05, 3.63) is 63.4 Å². The van der Waals surface area contributed by atoms with Crippen LogP contribution in [-0.2, 0) is 57.0 Å². The minimum atomic E-state index is -1.85. The lowest BCUT2D eigenvalue weighted by Gasteiger charge is -2.35. The largest absolute Gasteiger partial charge is 0.457 e. The normalized spacial score (nSPS) is 19.0. The van der Waals surface area contributed by atoms with Crippen molar-refractivity contribution in [2.45, 2.75) is 64.2 Å². The van der Waals surface area contributed by atoms with Gasteiger partial charge in [-0.2, -0.15) is 0 Å². The summed E-state index contributed by atoms with van der Waals surface area (Å²) < 4.78 is 12.7. The fraction of sp³-hybridized carbons (Fsp3) is 0.345. The van der Waals surface area contributed by atoms with Crippen LogP contribution in [0.3, 0.4) is 0 Å². The Morgan fingerprint density at radius 2 is 1.76 bits per heavy atom. The topological polar surface area (TPSA) is 151 Å². The van der Waals surface area contributed by atoms with Crippen molar-refractivity contribution in [3.63, 3.8) is 0 Å². The van der Waals surface area contributed by atoms with Crippen LogP contribution in [0.4, 0.5) is 0 Å². The lowest BCUT2D eigenvalue weighted by molar-refractivity contribution is -0.197. The summed E-state index contributed by atoms with van der Waals surface area (Å²) in [5.74, 6) is -3.63. The number of para-hydroxylation sites is 1. The van der Waals surface area contributed by atoms with E-state index in [1.807, 2.05) is 30.3 Å². The number of imide groups is 1. The van der Waals surface area contributed by atoms with E-state index in [4.69, 9.17) is 19.3 Å². The Morgan fingerprint density at radius 1 is 1.02 bits per heavy atom. The quantitative estimate of drug-likeness (QED) is 0.244. The number of benzene rings is 1. The molecule has 3 aromatic rings. The Bertz CT molecular complexity index is 1710. The van der Waals surface area contributed by atoms with E-state index in [1.54, 1.807) is 17.6 Å². The van der Waals surface area contributed by atoms with Crippen LogP contribution in [0.15, 0.2) is 41.2 Å². The second-order valence-electron chi connectivity index (χ2n) is 10.1. The van der Waals surface area contributed by atoms with Gasteiger partial charge in [-0.1, -0.05) is 25.1 Å². The zero-order chi connectivity index (χ0) is 28.9. The average molecular weight is 560 g/mol. The fourth-order valence-corrected chi connectivity index (χ4v) is 5.51. The molecule has 0 spiro atoms. The Labute approximate surface area is 232 Å². The van der Waals surface area contributed by atoms with Gasteiger partial charge in [0.25, 0.3) is 17.4 Å².